The number of benzene rings is 2. The van der Waals surface area contributed by atoms with E-state index in [2.05, 4.69) is 4.98 Å². The predicted molar refractivity (Wildman–Crippen MR) is 94.8 cm³/mol. The molecule has 0 spiro atoms. The third kappa shape index (κ3) is 2.96. The first-order valence-electron chi connectivity index (χ1n) is 7.87. The Hall–Kier alpha value is -2.86. The quantitative estimate of drug-likeness (QED) is 0.722. The van der Waals surface area contributed by atoms with Gasteiger partial charge in [0, 0.05) is 18.0 Å². The summed E-state index contributed by atoms with van der Waals surface area (Å²) >= 11 is 0. The SMILES string of the molecule is O=S1(=O)c2ccc(OCc3cccnc3)cc2CN1c1ccccc1. The average molecular weight is 352 g/mol. The molecular formula is C19H16N2O3S. The molecule has 5 nitrogen and oxygen atoms in total. The van der Waals surface area contributed by atoms with E-state index in [1.54, 1.807) is 42.7 Å². The van der Waals surface area contributed by atoms with Gasteiger partial charge in [0.2, 0.25) is 0 Å². The molecule has 4 rings (SSSR count). The van der Waals surface area contributed by atoms with Crippen molar-refractivity contribution in [2.45, 2.75) is 18.0 Å². The molecule has 1 aliphatic rings. The first kappa shape index (κ1) is 15.7. The Morgan fingerprint density at radius 1 is 1.04 bits per heavy atom. The molecular weight excluding hydrogens is 336 g/mol. The van der Waals surface area contributed by atoms with Gasteiger partial charge in [0.05, 0.1) is 17.1 Å². The summed E-state index contributed by atoms with van der Waals surface area (Å²) in [4.78, 5) is 4.39. The number of pyridine rings is 1. The van der Waals surface area contributed by atoms with E-state index in [4.69, 9.17) is 4.74 Å². The molecule has 3 aromatic rings. The van der Waals surface area contributed by atoms with Gasteiger partial charge < -0.3 is 4.74 Å². The highest BCUT2D eigenvalue weighted by Crippen LogP contribution is 2.36. The number of aromatic nitrogens is 1. The molecule has 25 heavy (non-hydrogen) atoms. The summed E-state index contributed by atoms with van der Waals surface area (Å²) in [7, 11) is -3.52. The third-order valence-electron chi connectivity index (χ3n) is 4.09. The van der Waals surface area contributed by atoms with Gasteiger partial charge in [-0.25, -0.2) is 8.42 Å². The second-order valence-electron chi connectivity index (χ2n) is 5.77. The van der Waals surface area contributed by atoms with Crippen LogP contribution in [-0.2, 0) is 23.2 Å². The largest absolute Gasteiger partial charge is 0.489 e. The molecule has 0 unspecified atom stereocenters. The maximum absolute atomic E-state index is 12.8. The van der Waals surface area contributed by atoms with Crippen LogP contribution in [0.5, 0.6) is 5.75 Å². The van der Waals surface area contributed by atoms with Crippen molar-refractivity contribution < 1.29 is 13.2 Å². The topological polar surface area (TPSA) is 59.5 Å². The van der Waals surface area contributed by atoms with Crippen LogP contribution in [0.25, 0.3) is 0 Å². The van der Waals surface area contributed by atoms with Gasteiger partial charge in [-0.2, -0.15) is 0 Å². The number of hydrogen-bond acceptors (Lipinski definition) is 4. The molecule has 0 bridgehead atoms. The second-order valence-corrected chi connectivity index (χ2v) is 7.60. The van der Waals surface area contributed by atoms with Crippen LogP contribution in [0.4, 0.5) is 5.69 Å². The molecule has 0 saturated heterocycles. The monoisotopic (exact) mass is 352 g/mol. The fraction of sp³-hybridized carbons (Fsp3) is 0.105. The van der Waals surface area contributed by atoms with Gasteiger partial charge in [0.15, 0.2) is 0 Å². The number of hydrogen-bond donors (Lipinski definition) is 0. The summed E-state index contributed by atoms with van der Waals surface area (Å²) in [6.07, 6.45) is 3.46. The first-order chi connectivity index (χ1) is 12.1. The lowest BCUT2D eigenvalue weighted by Crippen LogP contribution is -2.23. The molecule has 6 heteroatoms. The van der Waals surface area contributed by atoms with Gasteiger partial charge in [-0.3, -0.25) is 9.29 Å². The highest BCUT2D eigenvalue weighted by molar-refractivity contribution is 7.93. The zero-order chi connectivity index (χ0) is 17.3. The summed E-state index contributed by atoms with van der Waals surface area (Å²) < 4.78 is 32.7. The number of nitrogens with zero attached hydrogens (tertiary/aromatic N) is 2. The second kappa shape index (κ2) is 6.22. The van der Waals surface area contributed by atoms with E-state index in [9.17, 15) is 8.42 Å². The van der Waals surface area contributed by atoms with E-state index in [-0.39, 0.29) is 0 Å². The van der Waals surface area contributed by atoms with Gasteiger partial charge in [0.25, 0.3) is 10.0 Å². The summed E-state index contributed by atoms with van der Waals surface area (Å²) in [6, 6.07) is 18.0. The number of para-hydroxylation sites is 1. The van der Waals surface area contributed by atoms with Crippen molar-refractivity contribution in [2.24, 2.45) is 0 Å². The molecule has 0 fully saturated rings. The maximum Gasteiger partial charge on any atom is 0.264 e. The van der Waals surface area contributed by atoms with E-state index in [1.165, 1.54) is 4.31 Å². The summed E-state index contributed by atoms with van der Waals surface area (Å²) in [5.74, 6) is 0.646. The lowest BCUT2D eigenvalue weighted by Gasteiger charge is -2.16. The summed E-state index contributed by atoms with van der Waals surface area (Å²) in [5.41, 5.74) is 2.37. The lowest BCUT2D eigenvalue weighted by atomic mass is 10.2. The number of sulfonamides is 1. The molecule has 0 N–H and O–H groups in total. The zero-order valence-corrected chi connectivity index (χ0v) is 14.2. The Labute approximate surface area is 146 Å². The minimum atomic E-state index is -3.52. The molecule has 0 atom stereocenters. The molecule has 0 radical (unpaired) electrons. The highest BCUT2D eigenvalue weighted by atomic mass is 32.2. The number of anilines is 1. The van der Waals surface area contributed by atoms with Crippen LogP contribution < -0.4 is 9.04 Å². The number of ether oxygens (including phenoxy) is 1. The zero-order valence-electron chi connectivity index (χ0n) is 13.4. The van der Waals surface area contributed by atoms with Crippen LogP contribution in [0, 0.1) is 0 Å². The van der Waals surface area contributed by atoms with Crippen molar-refractivity contribution in [1.29, 1.82) is 0 Å². The smallest absolute Gasteiger partial charge is 0.264 e. The van der Waals surface area contributed by atoms with Gasteiger partial charge >= 0.3 is 0 Å². The van der Waals surface area contributed by atoms with Crippen LogP contribution in [0.3, 0.4) is 0 Å². The highest BCUT2D eigenvalue weighted by Gasteiger charge is 2.34. The van der Waals surface area contributed by atoms with Gasteiger partial charge in [-0.15, -0.1) is 0 Å². The summed E-state index contributed by atoms with van der Waals surface area (Å²) in [6.45, 7) is 0.702. The molecule has 0 saturated carbocycles. The first-order valence-corrected chi connectivity index (χ1v) is 9.31. The van der Waals surface area contributed by atoms with Gasteiger partial charge in [-0.05, 0) is 42.0 Å². The summed E-state index contributed by atoms with van der Waals surface area (Å²) in [5, 5.41) is 0. The fourth-order valence-corrected chi connectivity index (χ4v) is 4.49. The molecule has 126 valence electrons. The van der Waals surface area contributed by atoms with E-state index in [1.807, 2.05) is 30.3 Å². The van der Waals surface area contributed by atoms with E-state index >= 15 is 0 Å². The van der Waals surface area contributed by atoms with Crippen LogP contribution in [0.15, 0.2) is 78.0 Å². The minimum absolute atomic E-state index is 0.311. The van der Waals surface area contributed by atoms with Crippen molar-refractivity contribution in [2.75, 3.05) is 4.31 Å². The molecule has 1 aliphatic heterocycles. The Balaban J connectivity index is 1.59. The van der Waals surface area contributed by atoms with Gasteiger partial charge in [-0.1, -0.05) is 24.3 Å². The molecule has 1 aromatic heterocycles. The van der Waals surface area contributed by atoms with E-state index in [0.717, 1.165) is 11.1 Å². The Morgan fingerprint density at radius 3 is 2.64 bits per heavy atom. The van der Waals surface area contributed by atoms with Crippen molar-refractivity contribution in [1.82, 2.24) is 4.98 Å². The molecule has 2 heterocycles. The standard InChI is InChI=1S/C19H16N2O3S/c22-25(23)19-9-8-18(24-14-15-5-4-10-20-12-15)11-16(19)13-21(25)17-6-2-1-3-7-17/h1-12H,13-14H2. The molecule has 0 aliphatic carbocycles. The van der Waals surface area contributed by atoms with Crippen LogP contribution in [-0.4, -0.2) is 13.4 Å². The fourth-order valence-electron chi connectivity index (χ4n) is 2.85. The minimum Gasteiger partial charge on any atom is -0.489 e. The van der Waals surface area contributed by atoms with Crippen LogP contribution >= 0.6 is 0 Å². The maximum atomic E-state index is 12.8. The third-order valence-corrected chi connectivity index (χ3v) is 5.96. The van der Waals surface area contributed by atoms with Crippen molar-refractivity contribution in [3.63, 3.8) is 0 Å². The number of rotatable bonds is 4. The van der Waals surface area contributed by atoms with Crippen LogP contribution in [0.1, 0.15) is 11.1 Å². The van der Waals surface area contributed by atoms with Gasteiger partial charge in [0.1, 0.15) is 12.4 Å². The Kier molecular flexibility index (Phi) is 3.89. The van der Waals surface area contributed by atoms with Crippen molar-refractivity contribution in [3.05, 3.63) is 84.2 Å². The Bertz CT molecular complexity index is 990. The lowest BCUT2D eigenvalue weighted by molar-refractivity contribution is 0.305. The normalized spacial score (nSPS) is 15.0. The van der Waals surface area contributed by atoms with E-state index < -0.39 is 10.0 Å². The predicted octanol–water partition coefficient (Wildman–Crippen LogP) is 3.37. The van der Waals surface area contributed by atoms with Crippen molar-refractivity contribution in [3.8, 4) is 5.75 Å². The van der Waals surface area contributed by atoms with Crippen molar-refractivity contribution >= 4 is 15.7 Å². The van der Waals surface area contributed by atoms with Crippen LogP contribution in [0.2, 0.25) is 0 Å². The Morgan fingerprint density at radius 2 is 1.88 bits per heavy atom. The van der Waals surface area contributed by atoms with E-state index in [0.29, 0.717) is 29.5 Å². The molecule has 2 aromatic carbocycles. The average Bonchev–Trinajstić information content (AvgIpc) is 2.92. The number of fused-ring (bicyclic) bond motifs is 1. The molecule has 0 amide bonds.